The number of hydrogen-bond acceptors (Lipinski definition) is 3. The van der Waals surface area contributed by atoms with E-state index in [0.29, 0.717) is 0 Å². The minimum atomic E-state index is -1.19. The first-order valence-electron chi connectivity index (χ1n) is 5.00. The molecule has 6 heteroatoms. The lowest BCUT2D eigenvalue weighted by atomic mass is 10.1. The van der Waals surface area contributed by atoms with Gasteiger partial charge in [-0.05, 0) is 12.1 Å². The van der Waals surface area contributed by atoms with Crippen LogP contribution in [0.2, 0.25) is 5.02 Å². The van der Waals surface area contributed by atoms with Crippen LogP contribution in [0.25, 0.3) is 0 Å². The number of anilines is 1. The third-order valence-electron chi connectivity index (χ3n) is 2.29. The van der Waals surface area contributed by atoms with Gasteiger partial charge >= 0.3 is 5.97 Å². The predicted molar refractivity (Wildman–Crippen MR) is 65.3 cm³/mol. The molecule has 1 aromatic carbocycles. The fourth-order valence-corrected chi connectivity index (χ4v) is 1.46. The molecule has 1 unspecified atom stereocenters. The molecule has 0 aliphatic rings. The minimum Gasteiger partial charge on any atom is -0.478 e. The van der Waals surface area contributed by atoms with Gasteiger partial charge in [0.25, 0.3) is 0 Å². The van der Waals surface area contributed by atoms with Crippen LogP contribution < -0.4 is 11.1 Å². The van der Waals surface area contributed by atoms with Gasteiger partial charge in [-0.2, -0.15) is 0 Å². The molecule has 0 saturated carbocycles. The van der Waals surface area contributed by atoms with Crippen LogP contribution in [0.15, 0.2) is 18.2 Å². The zero-order valence-corrected chi connectivity index (χ0v) is 9.99. The second kappa shape index (κ2) is 5.65. The Morgan fingerprint density at radius 3 is 2.71 bits per heavy atom. The maximum Gasteiger partial charge on any atom is 0.339 e. The minimum absolute atomic E-state index is 0.0794. The summed E-state index contributed by atoms with van der Waals surface area (Å²) >= 11 is 5.76. The topological polar surface area (TPSA) is 92.4 Å². The summed E-state index contributed by atoms with van der Waals surface area (Å²) in [5, 5.41) is 11.6. The van der Waals surface area contributed by atoms with Crippen molar-refractivity contribution in [2.24, 2.45) is 11.7 Å². The molecule has 0 heterocycles. The number of amides is 1. The molecule has 0 fully saturated rings. The molecule has 0 saturated heterocycles. The highest BCUT2D eigenvalue weighted by molar-refractivity contribution is 6.34. The maximum atomic E-state index is 11.6. The number of nitrogens with one attached hydrogen (secondary N) is 1. The highest BCUT2D eigenvalue weighted by atomic mass is 35.5. The summed E-state index contributed by atoms with van der Waals surface area (Å²) < 4.78 is 0. The largest absolute Gasteiger partial charge is 0.478 e. The zero-order chi connectivity index (χ0) is 13.0. The van der Waals surface area contributed by atoms with Gasteiger partial charge in [-0.3, -0.25) is 4.79 Å². The van der Waals surface area contributed by atoms with Gasteiger partial charge in [-0.25, -0.2) is 4.79 Å². The van der Waals surface area contributed by atoms with Crippen LogP contribution >= 0.6 is 11.6 Å². The standard InChI is InChI=1S/C11H13ClN2O3/c1-6(5-13)10(15)14-8-4-2-3-7(12)9(8)11(16)17/h2-4,6H,5,13H2,1H3,(H,14,15)(H,16,17). The number of nitrogens with two attached hydrogens (primary N) is 1. The molecule has 1 aromatic rings. The first-order valence-corrected chi connectivity index (χ1v) is 5.38. The molecule has 0 aromatic heterocycles. The molecule has 1 amide bonds. The van der Waals surface area contributed by atoms with E-state index in [1.807, 2.05) is 0 Å². The van der Waals surface area contributed by atoms with Crippen molar-refractivity contribution >= 4 is 29.2 Å². The molecule has 0 radical (unpaired) electrons. The second-order valence-electron chi connectivity index (χ2n) is 3.59. The van der Waals surface area contributed by atoms with Crippen LogP contribution in [-0.4, -0.2) is 23.5 Å². The van der Waals surface area contributed by atoms with Crippen molar-refractivity contribution in [1.82, 2.24) is 0 Å². The number of carbonyl (C=O) groups excluding carboxylic acids is 1. The molecule has 0 aliphatic heterocycles. The lowest BCUT2D eigenvalue weighted by molar-refractivity contribution is -0.119. The van der Waals surface area contributed by atoms with Crippen LogP contribution in [0.1, 0.15) is 17.3 Å². The van der Waals surface area contributed by atoms with E-state index in [1.54, 1.807) is 13.0 Å². The second-order valence-corrected chi connectivity index (χ2v) is 4.00. The van der Waals surface area contributed by atoms with E-state index in [4.69, 9.17) is 22.4 Å². The van der Waals surface area contributed by atoms with Gasteiger partial charge in [0.1, 0.15) is 5.56 Å². The normalized spacial score (nSPS) is 11.9. The van der Waals surface area contributed by atoms with Crippen molar-refractivity contribution in [1.29, 1.82) is 0 Å². The van der Waals surface area contributed by atoms with E-state index in [1.165, 1.54) is 12.1 Å². The van der Waals surface area contributed by atoms with Crippen LogP contribution in [-0.2, 0) is 4.79 Å². The number of carbonyl (C=O) groups is 2. The Morgan fingerprint density at radius 1 is 1.53 bits per heavy atom. The molecule has 0 spiro atoms. The molecule has 1 rings (SSSR count). The number of aromatic carboxylic acids is 1. The van der Waals surface area contributed by atoms with Crippen molar-refractivity contribution in [3.05, 3.63) is 28.8 Å². The SMILES string of the molecule is CC(CN)C(=O)Nc1cccc(Cl)c1C(=O)O. The van der Waals surface area contributed by atoms with Crippen molar-refractivity contribution in [2.45, 2.75) is 6.92 Å². The average molecular weight is 257 g/mol. The Balaban J connectivity index is 3.03. The first-order chi connectivity index (χ1) is 7.97. The lowest BCUT2D eigenvalue weighted by Gasteiger charge is -2.12. The summed E-state index contributed by atoms with van der Waals surface area (Å²) in [5.74, 6) is -1.92. The smallest absolute Gasteiger partial charge is 0.339 e. The Labute approximate surface area is 104 Å². The third kappa shape index (κ3) is 3.18. The van der Waals surface area contributed by atoms with Gasteiger partial charge in [0.15, 0.2) is 0 Å². The molecular formula is C11H13ClN2O3. The number of hydrogen-bond donors (Lipinski definition) is 3. The molecule has 17 heavy (non-hydrogen) atoms. The summed E-state index contributed by atoms with van der Waals surface area (Å²) in [4.78, 5) is 22.6. The van der Waals surface area contributed by atoms with Gasteiger partial charge < -0.3 is 16.2 Å². The number of benzene rings is 1. The zero-order valence-electron chi connectivity index (χ0n) is 9.24. The fraction of sp³-hybridized carbons (Fsp3) is 0.273. The first kappa shape index (κ1) is 13.5. The highest BCUT2D eigenvalue weighted by Gasteiger charge is 2.18. The quantitative estimate of drug-likeness (QED) is 0.762. The lowest BCUT2D eigenvalue weighted by Crippen LogP contribution is -2.27. The van der Waals surface area contributed by atoms with Gasteiger partial charge in [-0.1, -0.05) is 24.6 Å². The van der Waals surface area contributed by atoms with Gasteiger partial charge in [-0.15, -0.1) is 0 Å². The summed E-state index contributed by atoms with van der Waals surface area (Å²) in [6, 6.07) is 4.50. The van der Waals surface area contributed by atoms with Crippen molar-refractivity contribution < 1.29 is 14.7 Å². The van der Waals surface area contributed by atoms with Gasteiger partial charge in [0.2, 0.25) is 5.91 Å². The molecule has 92 valence electrons. The number of carboxylic acids is 1. The number of rotatable bonds is 4. The summed E-state index contributed by atoms with van der Waals surface area (Å²) in [5.41, 5.74) is 5.41. The number of halogens is 1. The molecule has 1 atom stereocenters. The van der Waals surface area contributed by atoms with Crippen molar-refractivity contribution in [2.75, 3.05) is 11.9 Å². The van der Waals surface area contributed by atoms with E-state index in [0.717, 1.165) is 0 Å². The molecule has 5 nitrogen and oxygen atoms in total. The molecule has 4 N–H and O–H groups in total. The van der Waals surface area contributed by atoms with E-state index in [9.17, 15) is 9.59 Å². The van der Waals surface area contributed by atoms with E-state index in [-0.39, 0.29) is 28.7 Å². The summed E-state index contributed by atoms with van der Waals surface area (Å²) in [6.45, 7) is 1.84. The van der Waals surface area contributed by atoms with E-state index in [2.05, 4.69) is 5.32 Å². The summed E-state index contributed by atoms with van der Waals surface area (Å²) in [6.07, 6.45) is 0. The summed E-state index contributed by atoms with van der Waals surface area (Å²) in [7, 11) is 0. The highest BCUT2D eigenvalue weighted by Crippen LogP contribution is 2.24. The fourth-order valence-electron chi connectivity index (χ4n) is 1.21. The molecular weight excluding hydrogens is 244 g/mol. The third-order valence-corrected chi connectivity index (χ3v) is 2.60. The Hall–Kier alpha value is -1.59. The van der Waals surface area contributed by atoms with Crippen LogP contribution in [0.4, 0.5) is 5.69 Å². The van der Waals surface area contributed by atoms with Crippen molar-refractivity contribution in [3.63, 3.8) is 0 Å². The van der Waals surface area contributed by atoms with E-state index < -0.39 is 11.9 Å². The Morgan fingerprint density at radius 2 is 2.18 bits per heavy atom. The number of carboxylic acid groups (broad SMARTS) is 1. The predicted octanol–water partition coefficient (Wildman–Crippen LogP) is 1.57. The van der Waals surface area contributed by atoms with E-state index >= 15 is 0 Å². The van der Waals surface area contributed by atoms with Gasteiger partial charge in [0, 0.05) is 12.5 Å². The Kier molecular flexibility index (Phi) is 4.48. The van der Waals surface area contributed by atoms with Crippen LogP contribution in [0, 0.1) is 5.92 Å². The van der Waals surface area contributed by atoms with Crippen LogP contribution in [0.3, 0.4) is 0 Å². The van der Waals surface area contributed by atoms with Crippen LogP contribution in [0.5, 0.6) is 0 Å². The average Bonchev–Trinajstić information content (AvgIpc) is 2.27. The van der Waals surface area contributed by atoms with Crippen molar-refractivity contribution in [3.8, 4) is 0 Å². The Bertz CT molecular complexity index is 448. The monoisotopic (exact) mass is 256 g/mol. The molecule has 0 aliphatic carbocycles. The van der Waals surface area contributed by atoms with Gasteiger partial charge in [0.05, 0.1) is 10.7 Å². The molecule has 0 bridgehead atoms. The maximum absolute atomic E-state index is 11.6.